The molecule has 0 saturated heterocycles. The molecule has 2 amide bonds. The molecule has 0 fully saturated rings. The highest BCUT2D eigenvalue weighted by atomic mass is 16.5. The largest absolute Gasteiger partial charge is 0.497 e. The Morgan fingerprint density at radius 1 is 1.00 bits per heavy atom. The first-order valence-corrected chi connectivity index (χ1v) is 11.4. The van der Waals surface area contributed by atoms with Gasteiger partial charge in [-0.15, -0.1) is 0 Å². The van der Waals surface area contributed by atoms with E-state index in [0.29, 0.717) is 30.1 Å². The molecule has 174 valence electrons. The van der Waals surface area contributed by atoms with Crippen molar-refractivity contribution in [1.82, 2.24) is 4.90 Å². The Kier molecular flexibility index (Phi) is 9.57. The molecule has 0 heterocycles. The van der Waals surface area contributed by atoms with Crippen LogP contribution in [0.4, 0.5) is 11.4 Å². The van der Waals surface area contributed by atoms with Gasteiger partial charge >= 0.3 is 0 Å². The summed E-state index contributed by atoms with van der Waals surface area (Å²) in [7, 11) is 5.57. The quantitative estimate of drug-likeness (QED) is 0.523. The number of hydrogen-bond acceptors (Lipinski definition) is 4. The number of ether oxygens (including phenoxy) is 1. The van der Waals surface area contributed by atoms with Gasteiger partial charge in [0.25, 0.3) is 5.91 Å². The van der Waals surface area contributed by atoms with E-state index in [4.69, 9.17) is 4.74 Å². The van der Waals surface area contributed by atoms with Crippen molar-refractivity contribution >= 4 is 23.2 Å². The zero-order valence-corrected chi connectivity index (χ0v) is 20.3. The number of nitrogens with one attached hydrogen (secondary N) is 1. The Morgan fingerprint density at radius 3 is 2.19 bits per heavy atom. The Morgan fingerprint density at radius 2 is 1.66 bits per heavy atom. The number of amides is 2. The van der Waals surface area contributed by atoms with Gasteiger partial charge in [-0.05, 0) is 67.3 Å². The molecule has 0 atom stereocenters. The van der Waals surface area contributed by atoms with Crippen molar-refractivity contribution in [2.75, 3.05) is 38.0 Å². The maximum absolute atomic E-state index is 13.1. The van der Waals surface area contributed by atoms with Crippen molar-refractivity contribution in [3.05, 3.63) is 53.6 Å². The van der Waals surface area contributed by atoms with Crippen LogP contribution < -0.4 is 15.0 Å². The third kappa shape index (κ3) is 6.49. The van der Waals surface area contributed by atoms with Crippen molar-refractivity contribution in [2.24, 2.45) is 5.92 Å². The molecule has 2 aromatic carbocycles. The average Bonchev–Trinajstić information content (AvgIpc) is 2.79. The molecule has 0 aliphatic rings. The van der Waals surface area contributed by atoms with Gasteiger partial charge in [-0.2, -0.15) is 0 Å². The summed E-state index contributed by atoms with van der Waals surface area (Å²) in [6.45, 7) is 7.45. The minimum Gasteiger partial charge on any atom is -0.497 e. The molecular formula is C26H37N3O3. The molecule has 0 saturated carbocycles. The molecule has 0 aromatic heterocycles. The Bertz CT molecular complexity index is 890. The highest BCUT2D eigenvalue weighted by Crippen LogP contribution is 2.26. The molecule has 2 aromatic rings. The minimum atomic E-state index is -0.185. The first-order valence-electron chi connectivity index (χ1n) is 11.4. The monoisotopic (exact) mass is 439 g/mol. The van der Waals surface area contributed by atoms with Crippen LogP contribution in [0, 0.1) is 5.92 Å². The molecule has 6 heteroatoms. The van der Waals surface area contributed by atoms with Crippen LogP contribution in [0.2, 0.25) is 0 Å². The van der Waals surface area contributed by atoms with E-state index in [2.05, 4.69) is 26.1 Å². The van der Waals surface area contributed by atoms with E-state index in [1.807, 2.05) is 42.1 Å². The average molecular weight is 440 g/mol. The van der Waals surface area contributed by atoms with Gasteiger partial charge in [-0.1, -0.05) is 20.8 Å². The lowest BCUT2D eigenvalue weighted by Crippen LogP contribution is -2.36. The van der Waals surface area contributed by atoms with Crippen LogP contribution in [0.5, 0.6) is 5.75 Å². The number of nitrogens with zero attached hydrogens (tertiary/aromatic N) is 2. The van der Waals surface area contributed by atoms with Gasteiger partial charge in [-0.3, -0.25) is 9.59 Å². The molecular weight excluding hydrogens is 402 g/mol. The van der Waals surface area contributed by atoms with E-state index in [0.717, 1.165) is 30.5 Å². The molecule has 0 aliphatic carbocycles. The predicted octanol–water partition coefficient (Wildman–Crippen LogP) is 5.19. The minimum absolute atomic E-state index is 0.0438. The highest BCUT2D eigenvalue weighted by Gasteiger charge is 2.22. The lowest BCUT2D eigenvalue weighted by molar-refractivity contribution is -0.136. The second kappa shape index (κ2) is 12.1. The van der Waals surface area contributed by atoms with Gasteiger partial charge in [0.2, 0.25) is 5.91 Å². The van der Waals surface area contributed by atoms with Crippen LogP contribution in [0.3, 0.4) is 0 Å². The third-order valence-corrected chi connectivity index (χ3v) is 5.67. The maximum atomic E-state index is 13.1. The lowest BCUT2D eigenvalue weighted by atomic mass is 10.0. The fourth-order valence-electron chi connectivity index (χ4n) is 3.81. The summed E-state index contributed by atoms with van der Waals surface area (Å²) in [5.74, 6) is 0.767. The lowest BCUT2D eigenvalue weighted by Gasteiger charge is -2.28. The summed E-state index contributed by atoms with van der Waals surface area (Å²) >= 11 is 0. The van der Waals surface area contributed by atoms with Crippen LogP contribution in [-0.4, -0.2) is 44.5 Å². The number of hydrogen-bond donors (Lipinski definition) is 1. The Balaban J connectivity index is 2.29. The zero-order valence-electron chi connectivity index (χ0n) is 20.3. The predicted molar refractivity (Wildman–Crippen MR) is 131 cm³/mol. The van der Waals surface area contributed by atoms with E-state index in [-0.39, 0.29) is 17.7 Å². The first kappa shape index (κ1) is 25.2. The van der Waals surface area contributed by atoms with Crippen LogP contribution in [-0.2, 0) is 11.3 Å². The molecule has 1 N–H and O–H groups in total. The topological polar surface area (TPSA) is 61.9 Å². The number of carbonyl (C=O) groups excluding carboxylic acids is 2. The van der Waals surface area contributed by atoms with Gasteiger partial charge < -0.3 is 19.9 Å². The summed E-state index contributed by atoms with van der Waals surface area (Å²) in [4.78, 5) is 29.8. The van der Waals surface area contributed by atoms with Gasteiger partial charge in [0.05, 0.1) is 7.11 Å². The van der Waals surface area contributed by atoms with Crippen molar-refractivity contribution in [2.45, 2.75) is 46.6 Å². The fourth-order valence-corrected chi connectivity index (χ4v) is 3.81. The van der Waals surface area contributed by atoms with Crippen molar-refractivity contribution in [3.8, 4) is 5.75 Å². The molecule has 2 rings (SSSR count). The maximum Gasteiger partial charge on any atom is 0.255 e. The summed E-state index contributed by atoms with van der Waals surface area (Å²) in [5.41, 5.74) is 3.31. The molecule has 0 spiro atoms. The summed E-state index contributed by atoms with van der Waals surface area (Å²) in [6.07, 6.45) is 2.58. The zero-order chi connectivity index (χ0) is 23.7. The second-order valence-corrected chi connectivity index (χ2v) is 8.19. The van der Waals surface area contributed by atoms with E-state index in [9.17, 15) is 9.59 Å². The van der Waals surface area contributed by atoms with Gasteiger partial charge in [0.15, 0.2) is 0 Å². The van der Waals surface area contributed by atoms with Crippen molar-refractivity contribution < 1.29 is 14.3 Å². The Hall–Kier alpha value is -3.02. The molecule has 32 heavy (non-hydrogen) atoms. The van der Waals surface area contributed by atoms with E-state index in [1.54, 1.807) is 31.4 Å². The van der Waals surface area contributed by atoms with E-state index >= 15 is 0 Å². The van der Waals surface area contributed by atoms with Crippen molar-refractivity contribution in [3.63, 3.8) is 0 Å². The molecule has 0 bridgehead atoms. The molecule has 6 nitrogen and oxygen atoms in total. The number of anilines is 2. The van der Waals surface area contributed by atoms with Crippen LogP contribution in [0.25, 0.3) is 0 Å². The number of methoxy groups -OCH3 is 1. The SMILES string of the molecule is CCCN(Cc1cc(NC(=O)c2ccc(OC)cc2)ccc1N(C)C)C(=O)C(CC)CC. The van der Waals surface area contributed by atoms with E-state index < -0.39 is 0 Å². The van der Waals surface area contributed by atoms with Crippen molar-refractivity contribution in [1.29, 1.82) is 0 Å². The normalized spacial score (nSPS) is 10.7. The van der Waals surface area contributed by atoms with Crippen LogP contribution in [0.15, 0.2) is 42.5 Å². The smallest absolute Gasteiger partial charge is 0.255 e. The number of rotatable bonds is 11. The standard InChI is InChI=1S/C26H37N3O3/c1-7-16-29(26(31)19(8-2)9-3)18-21-17-22(12-15-24(21)28(4)5)27-25(30)20-10-13-23(32-6)14-11-20/h10-15,17,19H,7-9,16,18H2,1-6H3,(H,27,30). The first-order chi connectivity index (χ1) is 15.3. The number of benzene rings is 2. The highest BCUT2D eigenvalue weighted by molar-refractivity contribution is 6.04. The Labute approximate surface area is 192 Å². The van der Waals surface area contributed by atoms with Gasteiger partial charge in [-0.25, -0.2) is 0 Å². The number of carbonyl (C=O) groups is 2. The van der Waals surface area contributed by atoms with Crippen LogP contribution in [0.1, 0.15) is 56.0 Å². The molecule has 0 aliphatic heterocycles. The third-order valence-electron chi connectivity index (χ3n) is 5.67. The van der Waals surface area contributed by atoms with Gasteiger partial charge in [0, 0.05) is 50.0 Å². The summed E-state index contributed by atoms with van der Waals surface area (Å²) in [5, 5.41) is 2.98. The fraction of sp³-hybridized carbons (Fsp3) is 0.462. The summed E-state index contributed by atoms with van der Waals surface area (Å²) < 4.78 is 5.16. The van der Waals surface area contributed by atoms with Gasteiger partial charge in [0.1, 0.15) is 5.75 Å². The summed E-state index contributed by atoms with van der Waals surface area (Å²) in [6, 6.07) is 12.9. The second-order valence-electron chi connectivity index (χ2n) is 8.19. The van der Waals surface area contributed by atoms with E-state index in [1.165, 1.54) is 0 Å². The van der Waals surface area contributed by atoms with Crippen LogP contribution >= 0.6 is 0 Å². The molecule has 0 radical (unpaired) electrons. The molecule has 0 unspecified atom stereocenters.